The summed E-state index contributed by atoms with van der Waals surface area (Å²) in [4.78, 5) is 18.1. The van der Waals surface area contributed by atoms with Crippen molar-refractivity contribution in [3.8, 4) is 0 Å². The van der Waals surface area contributed by atoms with Crippen molar-refractivity contribution in [2.24, 2.45) is 0 Å². The largest absolute Gasteiger partial charge is 0.478 e. The van der Waals surface area contributed by atoms with Crippen molar-refractivity contribution in [2.45, 2.75) is 19.8 Å². The van der Waals surface area contributed by atoms with Crippen molar-refractivity contribution in [2.75, 3.05) is 18.0 Å². The third kappa shape index (κ3) is 2.14. The third-order valence-electron chi connectivity index (χ3n) is 3.59. The Morgan fingerprint density at radius 2 is 2.00 bits per heavy atom. The molecule has 0 spiro atoms. The number of hydrogen-bond acceptors (Lipinski definition) is 3. The molecule has 98 valence electrons. The van der Waals surface area contributed by atoms with Crippen LogP contribution in [-0.4, -0.2) is 29.1 Å². The maximum atomic E-state index is 11.4. The summed E-state index contributed by atoms with van der Waals surface area (Å²) >= 11 is 0. The van der Waals surface area contributed by atoms with E-state index in [1.54, 1.807) is 6.07 Å². The molecule has 2 aromatic rings. The molecule has 0 radical (unpaired) electrons. The van der Waals surface area contributed by atoms with Gasteiger partial charge in [-0.15, -0.1) is 0 Å². The molecule has 19 heavy (non-hydrogen) atoms. The van der Waals surface area contributed by atoms with E-state index in [9.17, 15) is 9.90 Å². The van der Waals surface area contributed by atoms with E-state index < -0.39 is 5.97 Å². The van der Waals surface area contributed by atoms with Crippen LogP contribution in [0.2, 0.25) is 0 Å². The van der Waals surface area contributed by atoms with Gasteiger partial charge in [0.2, 0.25) is 0 Å². The highest BCUT2D eigenvalue weighted by Gasteiger charge is 2.21. The van der Waals surface area contributed by atoms with Crippen molar-refractivity contribution in [1.82, 2.24) is 4.98 Å². The van der Waals surface area contributed by atoms with Crippen LogP contribution in [0.15, 0.2) is 24.3 Å². The summed E-state index contributed by atoms with van der Waals surface area (Å²) < 4.78 is 0. The average Bonchev–Trinajstić information content (AvgIpc) is 2.90. The molecule has 3 rings (SSSR count). The van der Waals surface area contributed by atoms with Crippen molar-refractivity contribution in [3.05, 3.63) is 35.4 Å². The summed E-state index contributed by atoms with van der Waals surface area (Å²) in [6, 6.07) is 7.64. The lowest BCUT2D eigenvalue weighted by Crippen LogP contribution is -2.22. The molecule has 4 nitrogen and oxygen atoms in total. The normalized spacial score (nSPS) is 15.1. The third-order valence-corrected chi connectivity index (χ3v) is 3.59. The number of anilines is 1. The van der Waals surface area contributed by atoms with Gasteiger partial charge < -0.3 is 10.0 Å². The van der Waals surface area contributed by atoms with Gasteiger partial charge in [0, 0.05) is 18.5 Å². The first-order chi connectivity index (χ1) is 9.15. The summed E-state index contributed by atoms with van der Waals surface area (Å²) in [5.74, 6) is -0.292. The Hall–Kier alpha value is -2.10. The molecule has 1 aromatic carbocycles. The van der Waals surface area contributed by atoms with E-state index in [-0.39, 0.29) is 0 Å². The molecule has 0 atom stereocenters. The number of fused-ring (bicyclic) bond motifs is 1. The van der Waals surface area contributed by atoms with Crippen LogP contribution in [0.1, 0.15) is 28.8 Å². The molecule has 1 aromatic heterocycles. The van der Waals surface area contributed by atoms with Crippen LogP contribution in [-0.2, 0) is 0 Å². The predicted octanol–water partition coefficient (Wildman–Crippen LogP) is 2.84. The minimum absolute atomic E-state index is 0.304. The number of pyridine rings is 1. The fourth-order valence-corrected chi connectivity index (χ4v) is 2.59. The highest BCUT2D eigenvalue weighted by molar-refractivity contribution is 5.98. The number of carboxylic acids is 1. The average molecular weight is 256 g/mol. The molecule has 4 heteroatoms. The van der Waals surface area contributed by atoms with Crippen LogP contribution in [0.25, 0.3) is 10.9 Å². The molecule has 0 amide bonds. The van der Waals surface area contributed by atoms with Gasteiger partial charge >= 0.3 is 5.97 Å². The molecule has 1 aliphatic rings. The number of carboxylic acid groups (broad SMARTS) is 1. The van der Waals surface area contributed by atoms with E-state index in [0.717, 1.165) is 42.4 Å². The molecule has 0 unspecified atom stereocenters. The second kappa shape index (κ2) is 4.53. The van der Waals surface area contributed by atoms with E-state index in [1.165, 1.54) is 0 Å². The monoisotopic (exact) mass is 256 g/mol. The zero-order valence-electron chi connectivity index (χ0n) is 10.9. The number of hydrogen-bond donors (Lipinski definition) is 1. The first-order valence-corrected chi connectivity index (χ1v) is 6.55. The Balaban J connectivity index is 2.21. The van der Waals surface area contributed by atoms with Gasteiger partial charge in [0.25, 0.3) is 0 Å². The maximum Gasteiger partial charge on any atom is 0.339 e. The number of benzene rings is 1. The lowest BCUT2D eigenvalue weighted by molar-refractivity contribution is 0.0697. The zero-order chi connectivity index (χ0) is 13.4. The minimum atomic E-state index is -0.906. The fraction of sp³-hybridized carbons (Fsp3) is 0.333. The molecule has 0 bridgehead atoms. The molecule has 2 heterocycles. The molecule has 1 N–H and O–H groups in total. The summed E-state index contributed by atoms with van der Waals surface area (Å²) in [6.45, 7) is 3.80. The quantitative estimate of drug-likeness (QED) is 0.897. The summed E-state index contributed by atoms with van der Waals surface area (Å²) in [7, 11) is 0. The predicted molar refractivity (Wildman–Crippen MR) is 74.9 cm³/mol. The Morgan fingerprint density at radius 1 is 1.26 bits per heavy atom. The standard InChI is InChI=1S/C15H16N2O2/c1-10-4-5-11-9-12(15(18)19)14(16-13(11)8-10)17-6-2-3-7-17/h4-5,8-9H,2-3,6-7H2,1H3,(H,18,19). The molecular weight excluding hydrogens is 240 g/mol. The SMILES string of the molecule is Cc1ccc2cc(C(=O)O)c(N3CCCC3)nc2c1. The number of aromatic carboxylic acids is 1. The Kier molecular flexibility index (Phi) is 2.85. The number of aromatic nitrogens is 1. The van der Waals surface area contributed by atoms with Crippen LogP contribution in [0.5, 0.6) is 0 Å². The van der Waals surface area contributed by atoms with Crippen molar-refractivity contribution < 1.29 is 9.90 Å². The van der Waals surface area contributed by atoms with E-state index in [1.807, 2.05) is 25.1 Å². The van der Waals surface area contributed by atoms with Crippen LogP contribution < -0.4 is 4.90 Å². The fourth-order valence-electron chi connectivity index (χ4n) is 2.59. The molecule has 0 saturated carbocycles. The molecular formula is C15H16N2O2. The van der Waals surface area contributed by atoms with Gasteiger partial charge in [-0.3, -0.25) is 0 Å². The number of rotatable bonds is 2. The molecule has 0 aliphatic carbocycles. The second-order valence-electron chi connectivity index (χ2n) is 5.06. The number of aryl methyl sites for hydroxylation is 1. The van der Waals surface area contributed by atoms with Gasteiger partial charge in [-0.25, -0.2) is 9.78 Å². The molecule has 1 saturated heterocycles. The molecule has 1 aliphatic heterocycles. The maximum absolute atomic E-state index is 11.4. The van der Waals surface area contributed by atoms with Gasteiger partial charge in [-0.2, -0.15) is 0 Å². The van der Waals surface area contributed by atoms with Crippen molar-refractivity contribution in [3.63, 3.8) is 0 Å². The van der Waals surface area contributed by atoms with E-state index >= 15 is 0 Å². The summed E-state index contributed by atoms with van der Waals surface area (Å²) in [6.07, 6.45) is 2.21. The number of nitrogens with zero attached hydrogens (tertiary/aromatic N) is 2. The van der Waals surface area contributed by atoms with Gasteiger partial charge in [-0.05, 0) is 37.5 Å². The van der Waals surface area contributed by atoms with Gasteiger partial charge in [0.05, 0.1) is 5.52 Å². The van der Waals surface area contributed by atoms with Gasteiger partial charge in [-0.1, -0.05) is 12.1 Å². The lowest BCUT2D eigenvalue weighted by atomic mass is 10.1. The smallest absolute Gasteiger partial charge is 0.339 e. The van der Waals surface area contributed by atoms with Crippen LogP contribution in [0.4, 0.5) is 5.82 Å². The first-order valence-electron chi connectivity index (χ1n) is 6.55. The van der Waals surface area contributed by atoms with Crippen LogP contribution in [0.3, 0.4) is 0 Å². The van der Waals surface area contributed by atoms with E-state index in [4.69, 9.17) is 0 Å². The Bertz CT molecular complexity index is 646. The lowest BCUT2D eigenvalue weighted by Gasteiger charge is -2.19. The van der Waals surface area contributed by atoms with Crippen LogP contribution >= 0.6 is 0 Å². The molecule has 1 fully saturated rings. The van der Waals surface area contributed by atoms with Gasteiger partial charge in [0.1, 0.15) is 11.4 Å². The van der Waals surface area contributed by atoms with Gasteiger partial charge in [0.15, 0.2) is 0 Å². The van der Waals surface area contributed by atoms with E-state index in [0.29, 0.717) is 11.4 Å². The summed E-state index contributed by atoms with van der Waals surface area (Å²) in [5, 5.41) is 10.3. The van der Waals surface area contributed by atoms with E-state index in [2.05, 4.69) is 9.88 Å². The number of carbonyl (C=O) groups is 1. The minimum Gasteiger partial charge on any atom is -0.478 e. The topological polar surface area (TPSA) is 53.4 Å². The first kappa shape index (κ1) is 12.0. The zero-order valence-corrected chi connectivity index (χ0v) is 10.9. The van der Waals surface area contributed by atoms with Crippen molar-refractivity contribution >= 4 is 22.7 Å². The van der Waals surface area contributed by atoms with Crippen molar-refractivity contribution in [1.29, 1.82) is 0 Å². The van der Waals surface area contributed by atoms with Crippen LogP contribution in [0, 0.1) is 6.92 Å². The highest BCUT2D eigenvalue weighted by atomic mass is 16.4. The Morgan fingerprint density at radius 3 is 2.68 bits per heavy atom. The Labute approximate surface area is 111 Å². The second-order valence-corrected chi connectivity index (χ2v) is 5.06. The highest BCUT2D eigenvalue weighted by Crippen LogP contribution is 2.27. The summed E-state index contributed by atoms with van der Waals surface area (Å²) in [5.41, 5.74) is 2.31.